The van der Waals surface area contributed by atoms with Crippen LogP contribution in [0.5, 0.6) is 0 Å². The van der Waals surface area contributed by atoms with Crippen LogP contribution < -0.4 is 0 Å². The summed E-state index contributed by atoms with van der Waals surface area (Å²) < 4.78 is 23.7. The lowest BCUT2D eigenvalue weighted by molar-refractivity contribution is 0.178. The Hall–Kier alpha value is -0.940. The Bertz CT molecular complexity index is 412. The molecule has 0 saturated heterocycles. The lowest BCUT2D eigenvalue weighted by atomic mass is 9.98. The zero-order valence-electron chi connectivity index (χ0n) is 8.84. The summed E-state index contributed by atoms with van der Waals surface area (Å²) in [5, 5.41) is 9.08. The molecule has 0 spiro atoms. The third-order valence-corrected chi connectivity index (χ3v) is 4.01. The summed E-state index contributed by atoms with van der Waals surface area (Å²) in [7, 11) is -3.40. The van der Waals surface area contributed by atoms with E-state index in [1.807, 2.05) is 0 Å². The minimum atomic E-state index is -3.40. The number of rotatable bonds is 4. The molecule has 0 radical (unpaired) electrons. The predicted molar refractivity (Wildman–Crippen MR) is 57.2 cm³/mol. The third-order valence-electron chi connectivity index (χ3n) is 1.97. The van der Waals surface area contributed by atoms with Crippen molar-refractivity contribution in [3.05, 3.63) is 24.4 Å². The lowest BCUT2D eigenvalue weighted by Gasteiger charge is -2.20. The molecule has 0 aliphatic heterocycles. The van der Waals surface area contributed by atoms with E-state index in [4.69, 9.17) is 5.11 Å². The third kappa shape index (κ3) is 3.28. The molecule has 1 aromatic heterocycles. The van der Waals surface area contributed by atoms with E-state index in [1.165, 1.54) is 12.3 Å². The highest BCUT2D eigenvalue weighted by Crippen LogP contribution is 2.20. The van der Waals surface area contributed by atoms with Crippen LogP contribution in [0.2, 0.25) is 0 Å². The van der Waals surface area contributed by atoms with Gasteiger partial charge in [0.05, 0.1) is 5.75 Å². The van der Waals surface area contributed by atoms with Crippen LogP contribution in [0.3, 0.4) is 0 Å². The minimum Gasteiger partial charge on any atom is -0.396 e. The quantitative estimate of drug-likeness (QED) is 0.832. The summed E-state index contributed by atoms with van der Waals surface area (Å²) in [4.78, 5) is 3.80. The molecular formula is C10H15NO3S. The van der Waals surface area contributed by atoms with Crippen molar-refractivity contribution in [3.63, 3.8) is 0 Å². The standard InChI is InChI=1S/C10H15NO3S/c1-10(2,7-12)8-15(13,14)9-5-3-4-6-11-9/h3-6,12H,7-8H2,1-2H3. The van der Waals surface area contributed by atoms with Crippen LogP contribution in [0, 0.1) is 5.41 Å². The summed E-state index contributed by atoms with van der Waals surface area (Å²) in [6, 6.07) is 4.75. The number of hydrogen-bond donors (Lipinski definition) is 1. The van der Waals surface area contributed by atoms with Gasteiger partial charge in [0.2, 0.25) is 0 Å². The first-order valence-corrected chi connectivity index (χ1v) is 6.27. The van der Waals surface area contributed by atoms with E-state index >= 15 is 0 Å². The van der Waals surface area contributed by atoms with E-state index in [9.17, 15) is 8.42 Å². The van der Waals surface area contributed by atoms with E-state index in [-0.39, 0.29) is 17.4 Å². The Morgan fingerprint density at radius 2 is 2.07 bits per heavy atom. The van der Waals surface area contributed by atoms with Gasteiger partial charge in [-0.15, -0.1) is 0 Å². The van der Waals surface area contributed by atoms with Gasteiger partial charge in [-0.25, -0.2) is 13.4 Å². The maximum absolute atomic E-state index is 11.8. The second-order valence-corrected chi connectivity index (χ2v) is 6.19. The molecule has 0 aliphatic carbocycles. The van der Waals surface area contributed by atoms with Gasteiger partial charge in [0, 0.05) is 18.2 Å². The van der Waals surface area contributed by atoms with Crippen LogP contribution >= 0.6 is 0 Å². The second kappa shape index (κ2) is 4.28. The van der Waals surface area contributed by atoms with Crippen molar-refractivity contribution in [3.8, 4) is 0 Å². The summed E-state index contributed by atoms with van der Waals surface area (Å²) in [5.41, 5.74) is -0.643. The molecule has 0 atom stereocenters. The fourth-order valence-electron chi connectivity index (χ4n) is 1.17. The average Bonchev–Trinajstić information content (AvgIpc) is 2.18. The van der Waals surface area contributed by atoms with Gasteiger partial charge in [0.15, 0.2) is 14.9 Å². The van der Waals surface area contributed by atoms with Crippen molar-refractivity contribution in [1.29, 1.82) is 0 Å². The van der Waals surface area contributed by atoms with Gasteiger partial charge in [0.25, 0.3) is 0 Å². The Morgan fingerprint density at radius 1 is 1.40 bits per heavy atom. The molecule has 84 valence electrons. The smallest absolute Gasteiger partial charge is 0.196 e. The van der Waals surface area contributed by atoms with Gasteiger partial charge in [-0.1, -0.05) is 19.9 Å². The van der Waals surface area contributed by atoms with Crippen molar-refractivity contribution >= 4 is 9.84 Å². The summed E-state index contributed by atoms with van der Waals surface area (Å²) in [6.45, 7) is 3.24. The van der Waals surface area contributed by atoms with Gasteiger partial charge in [-0.2, -0.15) is 0 Å². The zero-order chi connectivity index (χ0) is 11.5. The first-order valence-electron chi connectivity index (χ1n) is 4.62. The highest BCUT2D eigenvalue weighted by molar-refractivity contribution is 7.91. The van der Waals surface area contributed by atoms with E-state index in [2.05, 4.69) is 4.98 Å². The zero-order valence-corrected chi connectivity index (χ0v) is 9.66. The molecule has 0 amide bonds. The predicted octanol–water partition coefficient (Wildman–Crippen LogP) is 0.874. The molecule has 1 rings (SSSR count). The normalized spacial score (nSPS) is 12.7. The van der Waals surface area contributed by atoms with Gasteiger partial charge in [0.1, 0.15) is 0 Å². The van der Waals surface area contributed by atoms with E-state index < -0.39 is 15.3 Å². The van der Waals surface area contributed by atoms with Crippen LogP contribution in [0.15, 0.2) is 29.4 Å². The molecule has 4 nitrogen and oxygen atoms in total. The van der Waals surface area contributed by atoms with Crippen molar-refractivity contribution in [1.82, 2.24) is 4.98 Å². The number of pyridine rings is 1. The molecule has 1 N–H and O–H groups in total. The molecule has 0 saturated carbocycles. The van der Waals surface area contributed by atoms with Gasteiger partial charge >= 0.3 is 0 Å². The monoisotopic (exact) mass is 229 g/mol. The minimum absolute atomic E-state index is 0.0616. The van der Waals surface area contributed by atoms with Crippen molar-refractivity contribution in [2.75, 3.05) is 12.4 Å². The second-order valence-electron chi connectivity index (χ2n) is 4.25. The van der Waals surface area contributed by atoms with Crippen molar-refractivity contribution in [2.45, 2.75) is 18.9 Å². The number of aliphatic hydroxyl groups is 1. The Labute approximate surface area is 89.9 Å². The molecule has 0 fully saturated rings. The molecule has 5 heteroatoms. The molecule has 1 heterocycles. The van der Waals surface area contributed by atoms with Gasteiger partial charge < -0.3 is 5.11 Å². The number of hydrogen-bond acceptors (Lipinski definition) is 4. The van der Waals surface area contributed by atoms with Crippen LogP contribution in [0.1, 0.15) is 13.8 Å². The highest BCUT2D eigenvalue weighted by Gasteiger charge is 2.27. The van der Waals surface area contributed by atoms with Crippen LogP contribution in [0.25, 0.3) is 0 Å². The topological polar surface area (TPSA) is 67.3 Å². The lowest BCUT2D eigenvalue weighted by Crippen LogP contribution is -2.28. The highest BCUT2D eigenvalue weighted by atomic mass is 32.2. The average molecular weight is 229 g/mol. The van der Waals surface area contributed by atoms with E-state index in [0.29, 0.717) is 0 Å². The van der Waals surface area contributed by atoms with Crippen LogP contribution in [-0.2, 0) is 9.84 Å². The summed E-state index contributed by atoms with van der Waals surface area (Å²) in [6.07, 6.45) is 1.44. The number of nitrogens with zero attached hydrogens (tertiary/aromatic N) is 1. The molecule has 0 unspecified atom stereocenters. The fourth-order valence-corrected chi connectivity index (χ4v) is 2.94. The summed E-state index contributed by atoms with van der Waals surface area (Å²) in [5.74, 6) is -0.104. The van der Waals surface area contributed by atoms with E-state index in [0.717, 1.165) is 0 Å². The number of aliphatic hydroxyl groups excluding tert-OH is 1. The Morgan fingerprint density at radius 3 is 2.53 bits per heavy atom. The van der Waals surface area contributed by atoms with E-state index in [1.54, 1.807) is 26.0 Å². The van der Waals surface area contributed by atoms with Crippen LogP contribution in [0.4, 0.5) is 0 Å². The Kier molecular flexibility index (Phi) is 3.46. The first kappa shape index (κ1) is 12.1. The van der Waals surface area contributed by atoms with Crippen LogP contribution in [-0.4, -0.2) is 30.9 Å². The molecule has 0 aliphatic rings. The van der Waals surface area contributed by atoms with Crippen molar-refractivity contribution in [2.24, 2.45) is 5.41 Å². The van der Waals surface area contributed by atoms with Gasteiger partial charge in [-0.3, -0.25) is 0 Å². The molecule has 15 heavy (non-hydrogen) atoms. The molecular weight excluding hydrogens is 214 g/mol. The van der Waals surface area contributed by atoms with Crippen molar-refractivity contribution < 1.29 is 13.5 Å². The van der Waals surface area contributed by atoms with Gasteiger partial charge in [-0.05, 0) is 12.1 Å². The molecule has 0 bridgehead atoms. The summed E-state index contributed by atoms with van der Waals surface area (Å²) >= 11 is 0. The Balaban J connectivity index is 2.96. The fraction of sp³-hybridized carbons (Fsp3) is 0.500. The maximum atomic E-state index is 11.8. The number of sulfone groups is 1. The largest absolute Gasteiger partial charge is 0.396 e. The number of aromatic nitrogens is 1. The first-order chi connectivity index (χ1) is 6.87. The maximum Gasteiger partial charge on any atom is 0.196 e. The molecule has 0 aromatic carbocycles. The molecule has 1 aromatic rings. The SMILES string of the molecule is CC(C)(CO)CS(=O)(=O)c1ccccn1.